The van der Waals surface area contributed by atoms with Crippen molar-refractivity contribution >= 4 is 11.6 Å². The summed E-state index contributed by atoms with van der Waals surface area (Å²) < 4.78 is 11.2. The molecule has 3 aliphatic rings. The monoisotopic (exact) mass is 387 g/mol. The van der Waals surface area contributed by atoms with E-state index in [2.05, 4.69) is 27.7 Å². The molecule has 1 atom stereocenters. The summed E-state index contributed by atoms with van der Waals surface area (Å²) in [5.74, 6) is 0.0651. The number of carbonyl (C=O) groups excluding carboxylic acids is 1. The van der Waals surface area contributed by atoms with E-state index in [1.165, 1.54) is 18.5 Å². The van der Waals surface area contributed by atoms with E-state index in [9.17, 15) is 4.79 Å². The number of ether oxygens (including phenoxy) is 2. The van der Waals surface area contributed by atoms with Gasteiger partial charge in [-0.3, -0.25) is 4.79 Å². The van der Waals surface area contributed by atoms with Crippen LogP contribution in [0.15, 0.2) is 24.3 Å². The third-order valence-corrected chi connectivity index (χ3v) is 6.20. The maximum absolute atomic E-state index is 12.4. The topological polar surface area (TPSA) is 62.8 Å². The molecular weight excluding hydrogens is 354 g/mol. The Hall–Kier alpha value is -1.63. The molecule has 1 unspecified atom stereocenters. The number of hydrogen-bond acceptors (Lipinski definition) is 5. The van der Waals surface area contributed by atoms with Gasteiger partial charge in [0.15, 0.2) is 0 Å². The zero-order valence-electron chi connectivity index (χ0n) is 16.7. The summed E-state index contributed by atoms with van der Waals surface area (Å²) in [6.07, 6.45) is 7.13. The van der Waals surface area contributed by atoms with Gasteiger partial charge in [-0.15, -0.1) is 0 Å². The Morgan fingerprint density at radius 3 is 2.43 bits per heavy atom. The van der Waals surface area contributed by atoms with Crippen LogP contribution in [-0.4, -0.2) is 63.5 Å². The zero-order chi connectivity index (χ0) is 19.2. The molecule has 6 nitrogen and oxygen atoms in total. The van der Waals surface area contributed by atoms with Gasteiger partial charge in [-0.25, -0.2) is 0 Å². The molecule has 6 heteroatoms. The highest BCUT2D eigenvalue weighted by Crippen LogP contribution is 2.22. The second kappa shape index (κ2) is 9.72. The number of piperidine rings is 1. The zero-order valence-corrected chi connectivity index (χ0v) is 16.7. The number of benzene rings is 1. The fourth-order valence-electron chi connectivity index (χ4n) is 4.46. The van der Waals surface area contributed by atoms with Crippen molar-refractivity contribution in [1.82, 2.24) is 10.6 Å². The summed E-state index contributed by atoms with van der Waals surface area (Å²) in [5.41, 5.74) is 1.97. The van der Waals surface area contributed by atoms with Gasteiger partial charge in [-0.2, -0.15) is 0 Å². The van der Waals surface area contributed by atoms with Crippen LogP contribution in [0.4, 0.5) is 5.69 Å². The SMILES string of the molecule is O=C(NC1CCCC1)c1ccc(N2CCC(NCC3COCCO3)CC2)cc1. The summed E-state index contributed by atoms with van der Waals surface area (Å²) in [5, 5.41) is 6.80. The van der Waals surface area contributed by atoms with Crippen LogP contribution in [0.1, 0.15) is 48.9 Å². The lowest BCUT2D eigenvalue weighted by Gasteiger charge is -2.35. The largest absolute Gasteiger partial charge is 0.376 e. The quantitative estimate of drug-likeness (QED) is 0.785. The van der Waals surface area contributed by atoms with Gasteiger partial charge in [-0.1, -0.05) is 12.8 Å². The third-order valence-electron chi connectivity index (χ3n) is 6.20. The smallest absolute Gasteiger partial charge is 0.251 e. The second-order valence-corrected chi connectivity index (χ2v) is 8.24. The minimum absolute atomic E-state index is 0.0651. The minimum atomic E-state index is 0.0651. The Labute approximate surface area is 168 Å². The molecule has 1 saturated carbocycles. The van der Waals surface area contributed by atoms with Crippen molar-refractivity contribution in [2.45, 2.75) is 56.7 Å². The highest BCUT2D eigenvalue weighted by Gasteiger charge is 2.22. The van der Waals surface area contributed by atoms with Crippen LogP contribution in [0.3, 0.4) is 0 Å². The molecule has 0 radical (unpaired) electrons. The van der Waals surface area contributed by atoms with Crippen molar-refractivity contribution < 1.29 is 14.3 Å². The standard InChI is InChI=1S/C22H33N3O3/c26-22(24-19-3-1-2-4-19)17-5-7-20(8-6-17)25-11-9-18(10-12-25)23-15-21-16-27-13-14-28-21/h5-8,18-19,21,23H,1-4,9-16H2,(H,24,26). The molecule has 0 aromatic heterocycles. The Morgan fingerprint density at radius 2 is 1.75 bits per heavy atom. The normalized spacial score (nSPS) is 24.4. The molecule has 0 bridgehead atoms. The van der Waals surface area contributed by atoms with Crippen LogP contribution in [0.25, 0.3) is 0 Å². The predicted molar refractivity (Wildman–Crippen MR) is 110 cm³/mol. The van der Waals surface area contributed by atoms with E-state index in [4.69, 9.17) is 9.47 Å². The Bertz CT molecular complexity index is 616. The second-order valence-electron chi connectivity index (χ2n) is 8.24. The molecule has 2 aliphatic heterocycles. The average molecular weight is 388 g/mol. The average Bonchev–Trinajstić information content (AvgIpc) is 3.26. The summed E-state index contributed by atoms with van der Waals surface area (Å²) >= 11 is 0. The van der Waals surface area contributed by atoms with Crippen molar-refractivity contribution in [2.24, 2.45) is 0 Å². The lowest BCUT2D eigenvalue weighted by molar-refractivity contribution is -0.0872. The number of hydrogen-bond donors (Lipinski definition) is 2. The first kappa shape index (κ1) is 19.7. The first-order valence-corrected chi connectivity index (χ1v) is 10.9. The van der Waals surface area contributed by atoms with Crippen LogP contribution in [-0.2, 0) is 9.47 Å². The summed E-state index contributed by atoms with van der Waals surface area (Å²) in [4.78, 5) is 14.8. The van der Waals surface area contributed by atoms with Gasteiger partial charge in [0.2, 0.25) is 0 Å². The first-order valence-electron chi connectivity index (χ1n) is 10.9. The van der Waals surface area contributed by atoms with Crippen LogP contribution >= 0.6 is 0 Å². The van der Waals surface area contributed by atoms with Gasteiger partial charge in [0.1, 0.15) is 0 Å². The molecule has 0 spiro atoms. The van der Waals surface area contributed by atoms with Gasteiger partial charge in [0.05, 0.1) is 25.9 Å². The van der Waals surface area contributed by atoms with Crippen molar-refractivity contribution in [3.63, 3.8) is 0 Å². The Morgan fingerprint density at radius 1 is 1.00 bits per heavy atom. The maximum atomic E-state index is 12.4. The summed E-state index contributed by atoms with van der Waals surface area (Å²) in [7, 11) is 0. The summed E-state index contributed by atoms with van der Waals surface area (Å²) in [6.45, 7) is 5.07. The molecular formula is C22H33N3O3. The number of nitrogens with one attached hydrogen (secondary N) is 2. The number of rotatable bonds is 6. The van der Waals surface area contributed by atoms with Gasteiger partial charge < -0.3 is 25.0 Å². The van der Waals surface area contributed by atoms with Crippen molar-refractivity contribution in [1.29, 1.82) is 0 Å². The molecule has 2 N–H and O–H groups in total. The van der Waals surface area contributed by atoms with Gasteiger partial charge in [0, 0.05) is 43.0 Å². The lowest BCUT2D eigenvalue weighted by Crippen LogP contribution is -2.46. The minimum Gasteiger partial charge on any atom is -0.376 e. The van der Waals surface area contributed by atoms with Gasteiger partial charge in [0.25, 0.3) is 5.91 Å². The van der Waals surface area contributed by atoms with E-state index in [0.29, 0.717) is 25.3 Å². The number of amides is 1. The fourth-order valence-corrected chi connectivity index (χ4v) is 4.46. The van der Waals surface area contributed by atoms with E-state index >= 15 is 0 Å². The van der Waals surface area contributed by atoms with E-state index < -0.39 is 0 Å². The highest BCUT2D eigenvalue weighted by molar-refractivity contribution is 5.94. The molecule has 154 valence electrons. The number of anilines is 1. The van der Waals surface area contributed by atoms with Crippen molar-refractivity contribution in [2.75, 3.05) is 44.4 Å². The molecule has 1 aromatic carbocycles. The highest BCUT2D eigenvalue weighted by atomic mass is 16.6. The fraction of sp³-hybridized carbons (Fsp3) is 0.682. The Kier molecular flexibility index (Phi) is 6.83. The molecule has 1 aliphatic carbocycles. The van der Waals surface area contributed by atoms with E-state index in [1.54, 1.807) is 0 Å². The van der Waals surface area contributed by atoms with Crippen molar-refractivity contribution in [3.8, 4) is 0 Å². The van der Waals surface area contributed by atoms with Crippen LogP contribution < -0.4 is 15.5 Å². The molecule has 3 fully saturated rings. The van der Waals surface area contributed by atoms with Crippen molar-refractivity contribution in [3.05, 3.63) is 29.8 Å². The molecule has 1 amide bonds. The van der Waals surface area contributed by atoms with Crippen LogP contribution in [0.5, 0.6) is 0 Å². The predicted octanol–water partition coefficient (Wildman–Crippen LogP) is 2.33. The molecule has 4 rings (SSSR count). The van der Waals surface area contributed by atoms with Crippen LogP contribution in [0, 0.1) is 0 Å². The van der Waals surface area contributed by atoms with Gasteiger partial charge >= 0.3 is 0 Å². The lowest BCUT2D eigenvalue weighted by atomic mass is 10.0. The van der Waals surface area contributed by atoms with E-state index in [0.717, 1.165) is 57.5 Å². The maximum Gasteiger partial charge on any atom is 0.251 e. The number of nitrogens with zero attached hydrogens (tertiary/aromatic N) is 1. The third kappa shape index (κ3) is 5.25. The van der Waals surface area contributed by atoms with Gasteiger partial charge in [-0.05, 0) is 49.9 Å². The van der Waals surface area contributed by atoms with E-state index in [1.807, 2.05) is 12.1 Å². The number of carbonyl (C=O) groups is 1. The molecule has 2 saturated heterocycles. The van der Waals surface area contributed by atoms with Crippen LogP contribution in [0.2, 0.25) is 0 Å². The molecule has 1 aromatic rings. The first-order chi connectivity index (χ1) is 13.8. The Balaban J connectivity index is 1.21. The van der Waals surface area contributed by atoms with E-state index in [-0.39, 0.29) is 12.0 Å². The summed E-state index contributed by atoms with van der Waals surface area (Å²) in [6, 6.07) is 9.01. The molecule has 2 heterocycles. The molecule has 28 heavy (non-hydrogen) atoms.